The van der Waals surface area contributed by atoms with Crippen molar-refractivity contribution in [1.82, 2.24) is 10.3 Å². The van der Waals surface area contributed by atoms with Gasteiger partial charge in [-0.05, 0) is 13.0 Å². The number of nitrogens with zero attached hydrogens (tertiary/aromatic N) is 1. The van der Waals surface area contributed by atoms with Crippen molar-refractivity contribution >= 4 is 11.8 Å². The molecule has 1 aromatic heterocycles. The van der Waals surface area contributed by atoms with E-state index in [2.05, 4.69) is 17.2 Å². The first-order valence-corrected chi connectivity index (χ1v) is 5.15. The number of thioether (sulfide) groups is 1. The molecule has 0 fully saturated rings. The Morgan fingerprint density at radius 3 is 3.17 bits per heavy atom. The standard InChI is InChI=1S/C8H14N2OS/c1-2-3-9-5-7-12-8-10-4-6-11-8/h4,6,9H,2-3,5,7H2,1H3. The number of hydrogen-bond donors (Lipinski definition) is 1. The second-order valence-electron chi connectivity index (χ2n) is 2.40. The summed E-state index contributed by atoms with van der Waals surface area (Å²) in [5, 5.41) is 4.06. The Labute approximate surface area is 76.9 Å². The maximum atomic E-state index is 5.06. The van der Waals surface area contributed by atoms with Crippen LogP contribution in [0.4, 0.5) is 0 Å². The van der Waals surface area contributed by atoms with Gasteiger partial charge >= 0.3 is 0 Å². The van der Waals surface area contributed by atoms with Crippen LogP contribution in [0, 0.1) is 0 Å². The van der Waals surface area contributed by atoms with E-state index in [1.807, 2.05) is 0 Å². The lowest BCUT2D eigenvalue weighted by molar-refractivity contribution is 0.454. The van der Waals surface area contributed by atoms with Crippen molar-refractivity contribution < 1.29 is 4.42 Å². The molecule has 12 heavy (non-hydrogen) atoms. The molecule has 0 aliphatic carbocycles. The monoisotopic (exact) mass is 186 g/mol. The summed E-state index contributed by atoms with van der Waals surface area (Å²) in [6.07, 6.45) is 4.45. The number of aromatic nitrogens is 1. The summed E-state index contributed by atoms with van der Waals surface area (Å²) < 4.78 is 5.06. The Morgan fingerprint density at radius 2 is 2.50 bits per heavy atom. The Morgan fingerprint density at radius 1 is 1.58 bits per heavy atom. The van der Waals surface area contributed by atoms with Gasteiger partial charge in [0.25, 0.3) is 5.22 Å². The van der Waals surface area contributed by atoms with Crippen LogP contribution < -0.4 is 5.32 Å². The van der Waals surface area contributed by atoms with Gasteiger partial charge in [0.1, 0.15) is 6.26 Å². The van der Waals surface area contributed by atoms with Crippen molar-refractivity contribution in [3.05, 3.63) is 12.5 Å². The van der Waals surface area contributed by atoms with E-state index in [-0.39, 0.29) is 0 Å². The van der Waals surface area contributed by atoms with Crippen LogP contribution in [0.25, 0.3) is 0 Å². The maximum Gasteiger partial charge on any atom is 0.255 e. The third-order valence-corrected chi connectivity index (χ3v) is 2.20. The predicted octanol–water partition coefficient (Wildman–Crippen LogP) is 1.77. The van der Waals surface area contributed by atoms with Crippen LogP contribution in [0.15, 0.2) is 22.1 Å². The molecule has 1 N–H and O–H groups in total. The lowest BCUT2D eigenvalue weighted by atomic mass is 10.5. The summed E-state index contributed by atoms with van der Waals surface area (Å²) in [4.78, 5) is 4.00. The van der Waals surface area contributed by atoms with Gasteiger partial charge in [-0.1, -0.05) is 18.7 Å². The number of rotatable bonds is 6. The van der Waals surface area contributed by atoms with E-state index in [1.165, 1.54) is 6.42 Å². The van der Waals surface area contributed by atoms with Crippen LogP contribution in [0.2, 0.25) is 0 Å². The van der Waals surface area contributed by atoms with Crippen molar-refractivity contribution in [3.63, 3.8) is 0 Å². The third kappa shape index (κ3) is 3.78. The van der Waals surface area contributed by atoms with Crippen molar-refractivity contribution in [2.45, 2.75) is 18.6 Å². The van der Waals surface area contributed by atoms with E-state index in [0.717, 1.165) is 24.1 Å². The first-order valence-electron chi connectivity index (χ1n) is 4.16. The Hall–Kier alpha value is -0.480. The summed E-state index contributed by atoms with van der Waals surface area (Å²) >= 11 is 1.64. The first kappa shape index (κ1) is 9.61. The highest BCUT2D eigenvalue weighted by Crippen LogP contribution is 2.12. The lowest BCUT2D eigenvalue weighted by Crippen LogP contribution is -2.17. The third-order valence-electron chi connectivity index (χ3n) is 1.34. The fourth-order valence-corrected chi connectivity index (χ4v) is 1.47. The van der Waals surface area contributed by atoms with Gasteiger partial charge in [0.05, 0.1) is 6.20 Å². The molecule has 1 aromatic rings. The number of hydrogen-bond acceptors (Lipinski definition) is 4. The molecule has 0 aliphatic rings. The molecule has 0 aromatic carbocycles. The molecular formula is C8H14N2OS. The van der Waals surface area contributed by atoms with Gasteiger partial charge in [0.2, 0.25) is 0 Å². The largest absolute Gasteiger partial charge is 0.440 e. The highest BCUT2D eigenvalue weighted by atomic mass is 32.2. The molecule has 0 radical (unpaired) electrons. The Balaban J connectivity index is 1.96. The van der Waals surface area contributed by atoms with Crippen molar-refractivity contribution in [2.24, 2.45) is 0 Å². The summed E-state index contributed by atoms with van der Waals surface area (Å²) in [7, 11) is 0. The normalized spacial score (nSPS) is 10.4. The highest BCUT2D eigenvalue weighted by molar-refractivity contribution is 7.99. The van der Waals surface area contributed by atoms with Crippen molar-refractivity contribution in [1.29, 1.82) is 0 Å². The predicted molar refractivity (Wildman–Crippen MR) is 50.4 cm³/mol. The average Bonchev–Trinajstić information content (AvgIpc) is 2.57. The van der Waals surface area contributed by atoms with E-state index in [1.54, 1.807) is 24.2 Å². The molecule has 0 bridgehead atoms. The smallest absolute Gasteiger partial charge is 0.255 e. The van der Waals surface area contributed by atoms with Gasteiger partial charge in [0, 0.05) is 12.3 Å². The van der Waals surface area contributed by atoms with Crippen molar-refractivity contribution in [3.8, 4) is 0 Å². The zero-order valence-electron chi connectivity index (χ0n) is 7.25. The number of nitrogens with one attached hydrogen (secondary N) is 1. The van der Waals surface area contributed by atoms with E-state index < -0.39 is 0 Å². The Kier molecular flexibility index (Phi) is 4.87. The summed E-state index contributed by atoms with van der Waals surface area (Å²) in [5.74, 6) is 1.01. The van der Waals surface area contributed by atoms with Gasteiger partial charge in [-0.25, -0.2) is 4.98 Å². The molecule has 0 amide bonds. The van der Waals surface area contributed by atoms with Crippen LogP contribution in [-0.4, -0.2) is 23.8 Å². The minimum absolute atomic E-state index is 0.758. The molecule has 0 aliphatic heterocycles. The first-order chi connectivity index (χ1) is 5.93. The highest BCUT2D eigenvalue weighted by Gasteiger charge is 1.96. The van der Waals surface area contributed by atoms with Crippen LogP contribution in [0.1, 0.15) is 13.3 Å². The zero-order chi connectivity index (χ0) is 8.65. The second kappa shape index (κ2) is 6.08. The van der Waals surface area contributed by atoms with Crippen LogP contribution in [0.5, 0.6) is 0 Å². The molecule has 0 saturated carbocycles. The molecule has 0 atom stereocenters. The summed E-state index contributed by atoms with van der Waals surface area (Å²) in [5.41, 5.74) is 0. The maximum absolute atomic E-state index is 5.06. The second-order valence-corrected chi connectivity index (χ2v) is 3.44. The van der Waals surface area contributed by atoms with Gasteiger partial charge in [-0.2, -0.15) is 0 Å². The zero-order valence-corrected chi connectivity index (χ0v) is 8.06. The fraction of sp³-hybridized carbons (Fsp3) is 0.625. The molecule has 1 heterocycles. The average molecular weight is 186 g/mol. The minimum atomic E-state index is 0.758. The fourth-order valence-electron chi connectivity index (χ4n) is 0.794. The van der Waals surface area contributed by atoms with E-state index in [0.29, 0.717) is 0 Å². The van der Waals surface area contributed by atoms with Gasteiger partial charge in [-0.15, -0.1) is 0 Å². The van der Waals surface area contributed by atoms with Gasteiger partial charge < -0.3 is 9.73 Å². The molecule has 3 nitrogen and oxygen atoms in total. The minimum Gasteiger partial charge on any atom is -0.440 e. The van der Waals surface area contributed by atoms with Crippen LogP contribution in [0.3, 0.4) is 0 Å². The van der Waals surface area contributed by atoms with Crippen LogP contribution in [-0.2, 0) is 0 Å². The van der Waals surface area contributed by atoms with E-state index in [4.69, 9.17) is 4.42 Å². The quantitative estimate of drug-likeness (QED) is 0.543. The molecule has 1 rings (SSSR count). The van der Waals surface area contributed by atoms with Crippen molar-refractivity contribution in [2.75, 3.05) is 18.8 Å². The van der Waals surface area contributed by atoms with E-state index in [9.17, 15) is 0 Å². The molecule has 4 heteroatoms. The Bertz CT molecular complexity index is 189. The molecule has 0 unspecified atom stereocenters. The SMILES string of the molecule is CCCNCCSc1ncco1. The number of oxazole rings is 1. The lowest BCUT2D eigenvalue weighted by Gasteiger charge is -1.99. The van der Waals surface area contributed by atoms with Gasteiger partial charge in [0.15, 0.2) is 0 Å². The topological polar surface area (TPSA) is 38.1 Å². The van der Waals surface area contributed by atoms with Crippen LogP contribution >= 0.6 is 11.8 Å². The summed E-state index contributed by atoms with van der Waals surface area (Å²) in [6, 6.07) is 0. The van der Waals surface area contributed by atoms with E-state index >= 15 is 0 Å². The summed E-state index contributed by atoms with van der Waals surface area (Å²) in [6.45, 7) is 4.27. The van der Waals surface area contributed by atoms with Gasteiger partial charge in [-0.3, -0.25) is 0 Å². The molecular weight excluding hydrogens is 172 g/mol. The molecule has 0 spiro atoms. The molecule has 68 valence electrons. The molecule has 0 saturated heterocycles.